The summed E-state index contributed by atoms with van der Waals surface area (Å²) >= 11 is 0. The van der Waals surface area contributed by atoms with Gasteiger partial charge in [0.15, 0.2) is 0 Å². The molecule has 0 amide bonds. The average molecular weight is 251 g/mol. The lowest BCUT2D eigenvalue weighted by molar-refractivity contribution is 0.0775. The molecule has 18 heavy (non-hydrogen) atoms. The summed E-state index contributed by atoms with van der Waals surface area (Å²) in [6, 6.07) is 6.47. The maximum atomic E-state index is 5.38. The first-order valence-electron chi connectivity index (χ1n) is 6.35. The summed E-state index contributed by atoms with van der Waals surface area (Å²) in [6.45, 7) is 2.53. The van der Waals surface area contributed by atoms with Gasteiger partial charge in [0.2, 0.25) is 0 Å². The third-order valence-electron chi connectivity index (χ3n) is 3.30. The van der Waals surface area contributed by atoms with Gasteiger partial charge in [-0.15, -0.1) is 0 Å². The Kier molecular flexibility index (Phi) is 4.84. The van der Waals surface area contributed by atoms with Gasteiger partial charge in [-0.2, -0.15) is 0 Å². The summed E-state index contributed by atoms with van der Waals surface area (Å²) in [7, 11) is 3.35. The minimum Gasteiger partial charge on any atom is -0.497 e. The van der Waals surface area contributed by atoms with E-state index >= 15 is 0 Å². The van der Waals surface area contributed by atoms with Gasteiger partial charge < -0.3 is 19.5 Å². The molecule has 1 aromatic rings. The standard InChI is InChI=1S/C14H21NO3/c1-16-13-4-3-11(14(9-13)17-2)10-15-12-5-7-18-8-6-12/h3-4,9,12,15H,5-8,10H2,1-2H3. The molecule has 0 unspecified atom stereocenters. The van der Waals surface area contributed by atoms with Crippen molar-refractivity contribution in [3.8, 4) is 11.5 Å². The zero-order valence-corrected chi connectivity index (χ0v) is 11.1. The molecule has 0 radical (unpaired) electrons. The Morgan fingerprint density at radius 1 is 1.22 bits per heavy atom. The van der Waals surface area contributed by atoms with Gasteiger partial charge in [0.25, 0.3) is 0 Å². The summed E-state index contributed by atoms with van der Waals surface area (Å²) in [5.74, 6) is 1.69. The fraction of sp³-hybridized carbons (Fsp3) is 0.571. The molecule has 1 saturated heterocycles. The number of hydrogen-bond donors (Lipinski definition) is 1. The lowest BCUT2D eigenvalue weighted by atomic mass is 10.1. The monoisotopic (exact) mass is 251 g/mol. The van der Waals surface area contributed by atoms with Gasteiger partial charge in [0.1, 0.15) is 11.5 Å². The van der Waals surface area contributed by atoms with Gasteiger partial charge >= 0.3 is 0 Å². The fourth-order valence-electron chi connectivity index (χ4n) is 2.15. The Morgan fingerprint density at radius 3 is 2.67 bits per heavy atom. The summed E-state index contributed by atoms with van der Waals surface area (Å²) in [4.78, 5) is 0. The van der Waals surface area contributed by atoms with E-state index in [2.05, 4.69) is 5.32 Å². The van der Waals surface area contributed by atoms with Gasteiger partial charge in [-0.25, -0.2) is 0 Å². The quantitative estimate of drug-likeness (QED) is 0.868. The third kappa shape index (κ3) is 3.37. The molecule has 0 spiro atoms. The summed E-state index contributed by atoms with van der Waals surface area (Å²) in [5, 5.41) is 3.55. The van der Waals surface area contributed by atoms with Gasteiger partial charge in [-0.3, -0.25) is 0 Å². The average Bonchev–Trinajstić information content (AvgIpc) is 2.46. The Bertz CT molecular complexity index is 375. The van der Waals surface area contributed by atoms with Crippen LogP contribution < -0.4 is 14.8 Å². The Morgan fingerprint density at radius 2 is 2.00 bits per heavy atom. The Hall–Kier alpha value is -1.26. The van der Waals surface area contributed by atoms with Gasteiger partial charge in [-0.05, 0) is 18.9 Å². The number of hydrogen-bond acceptors (Lipinski definition) is 4. The minimum atomic E-state index is 0.547. The van der Waals surface area contributed by atoms with E-state index < -0.39 is 0 Å². The first-order chi connectivity index (χ1) is 8.83. The van der Waals surface area contributed by atoms with E-state index in [1.165, 1.54) is 0 Å². The number of benzene rings is 1. The van der Waals surface area contributed by atoms with Gasteiger partial charge in [-0.1, -0.05) is 6.07 Å². The van der Waals surface area contributed by atoms with Crippen molar-refractivity contribution in [1.82, 2.24) is 5.32 Å². The zero-order valence-electron chi connectivity index (χ0n) is 11.1. The molecule has 1 fully saturated rings. The number of rotatable bonds is 5. The smallest absolute Gasteiger partial charge is 0.127 e. The molecular formula is C14H21NO3. The molecule has 0 aliphatic carbocycles. The second kappa shape index (κ2) is 6.61. The van der Waals surface area contributed by atoms with Crippen LogP contribution in [0.2, 0.25) is 0 Å². The number of methoxy groups -OCH3 is 2. The Labute approximate surface area is 108 Å². The van der Waals surface area contributed by atoms with Crippen LogP contribution in [0.5, 0.6) is 11.5 Å². The Balaban J connectivity index is 1.95. The lowest BCUT2D eigenvalue weighted by Crippen LogP contribution is -2.34. The number of ether oxygens (including phenoxy) is 3. The minimum absolute atomic E-state index is 0.547. The van der Waals surface area contributed by atoms with Crippen LogP contribution in [0, 0.1) is 0 Å². The zero-order chi connectivity index (χ0) is 12.8. The van der Waals surface area contributed by atoms with E-state index in [9.17, 15) is 0 Å². The van der Waals surface area contributed by atoms with Crippen molar-refractivity contribution < 1.29 is 14.2 Å². The van der Waals surface area contributed by atoms with Crippen LogP contribution in [0.4, 0.5) is 0 Å². The first-order valence-corrected chi connectivity index (χ1v) is 6.35. The van der Waals surface area contributed by atoms with Crippen molar-refractivity contribution in [1.29, 1.82) is 0 Å². The van der Waals surface area contributed by atoms with Crippen LogP contribution >= 0.6 is 0 Å². The first kappa shape index (κ1) is 13.2. The molecule has 100 valence electrons. The highest BCUT2D eigenvalue weighted by Gasteiger charge is 2.14. The van der Waals surface area contributed by atoms with E-state index in [1.54, 1.807) is 14.2 Å². The topological polar surface area (TPSA) is 39.7 Å². The van der Waals surface area contributed by atoms with Crippen LogP contribution in [0.15, 0.2) is 18.2 Å². The van der Waals surface area contributed by atoms with E-state index in [0.29, 0.717) is 6.04 Å². The summed E-state index contributed by atoms with van der Waals surface area (Å²) < 4.78 is 15.9. The van der Waals surface area contributed by atoms with Crippen LogP contribution in [0.3, 0.4) is 0 Å². The molecule has 1 N–H and O–H groups in total. The van der Waals surface area contributed by atoms with Crippen molar-refractivity contribution in [3.63, 3.8) is 0 Å². The van der Waals surface area contributed by atoms with E-state index in [0.717, 1.165) is 49.7 Å². The maximum Gasteiger partial charge on any atom is 0.127 e. The summed E-state index contributed by atoms with van der Waals surface area (Å²) in [5.41, 5.74) is 1.16. The molecular weight excluding hydrogens is 230 g/mol. The largest absolute Gasteiger partial charge is 0.497 e. The third-order valence-corrected chi connectivity index (χ3v) is 3.30. The van der Waals surface area contributed by atoms with Crippen LogP contribution in [0.25, 0.3) is 0 Å². The predicted octanol–water partition coefficient (Wildman–Crippen LogP) is 1.97. The summed E-state index contributed by atoms with van der Waals surface area (Å²) in [6.07, 6.45) is 2.16. The maximum absolute atomic E-state index is 5.38. The van der Waals surface area contributed by atoms with Crippen molar-refractivity contribution in [3.05, 3.63) is 23.8 Å². The normalized spacial score (nSPS) is 16.6. The molecule has 1 aliphatic rings. The highest BCUT2D eigenvalue weighted by atomic mass is 16.5. The molecule has 1 aromatic carbocycles. The van der Waals surface area contributed by atoms with E-state index in [1.807, 2.05) is 18.2 Å². The van der Waals surface area contributed by atoms with Crippen LogP contribution in [-0.2, 0) is 11.3 Å². The highest BCUT2D eigenvalue weighted by Crippen LogP contribution is 2.24. The van der Waals surface area contributed by atoms with Crippen LogP contribution in [-0.4, -0.2) is 33.5 Å². The van der Waals surface area contributed by atoms with Crippen molar-refractivity contribution in [2.24, 2.45) is 0 Å². The van der Waals surface area contributed by atoms with Crippen molar-refractivity contribution >= 4 is 0 Å². The SMILES string of the molecule is COc1ccc(CNC2CCOCC2)c(OC)c1. The number of nitrogens with one attached hydrogen (secondary N) is 1. The lowest BCUT2D eigenvalue weighted by Gasteiger charge is -2.23. The highest BCUT2D eigenvalue weighted by molar-refractivity contribution is 5.40. The second-order valence-electron chi connectivity index (χ2n) is 4.45. The van der Waals surface area contributed by atoms with Crippen molar-refractivity contribution in [2.45, 2.75) is 25.4 Å². The molecule has 0 saturated carbocycles. The van der Waals surface area contributed by atoms with E-state index in [4.69, 9.17) is 14.2 Å². The van der Waals surface area contributed by atoms with Crippen molar-refractivity contribution in [2.75, 3.05) is 27.4 Å². The van der Waals surface area contributed by atoms with Gasteiger partial charge in [0, 0.05) is 37.4 Å². The molecule has 0 aromatic heterocycles. The molecule has 0 atom stereocenters. The van der Waals surface area contributed by atoms with Gasteiger partial charge in [0.05, 0.1) is 14.2 Å². The molecule has 4 heteroatoms. The molecule has 1 aliphatic heterocycles. The molecule has 1 heterocycles. The molecule has 0 bridgehead atoms. The predicted molar refractivity (Wildman–Crippen MR) is 70.2 cm³/mol. The fourth-order valence-corrected chi connectivity index (χ4v) is 2.15. The second-order valence-corrected chi connectivity index (χ2v) is 4.45. The molecule has 2 rings (SSSR count). The van der Waals surface area contributed by atoms with Crippen LogP contribution in [0.1, 0.15) is 18.4 Å². The van der Waals surface area contributed by atoms with E-state index in [-0.39, 0.29) is 0 Å². The molecule has 4 nitrogen and oxygen atoms in total.